The Morgan fingerprint density at radius 2 is 1.92 bits per heavy atom. The molecule has 0 aromatic carbocycles. The van der Waals surface area contributed by atoms with Crippen LogP contribution >= 0.6 is 11.6 Å². The molecule has 0 spiro atoms. The Kier molecular flexibility index (Phi) is 11.9. The molecular formula is C23H32ClN7O7. The van der Waals surface area contributed by atoms with Crippen molar-refractivity contribution in [2.75, 3.05) is 45.3 Å². The first-order valence-corrected chi connectivity index (χ1v) is 12.1. The zero-order valence-electron chi connectivity index (χ0n) is 21.7. The predicted molar refractivity (Wildman–Crippen MR) is 135 cm³/mol. The minimum Gasteiger partial charge on any atom is -0.469 e. The Morgan fingerprint density at radius 3 is 2.55 bits per heavy atom. The van der Waals surface area contributed by atoms with Gasteiger partial charge in [-0.1, -0.05) is 16.8 Å². The standard InChI is InChI=1S/C23H32ClN7O7/c1-23(2,3)38-22(35)30(11-12-31-10-8-26-29-31)15-18(32)27-16-5-6-17(28-20(16)24)21(34)25-9-14-37-13-7-19(33)36-4/h5-6,8,10H,7,9,11-15H2,1-4H3,(H,25,34)(H,27,32). The summed E-state index contributed by atoms with van der Waals surface area (Å²) < 4.78 is 16.7. The first-order valence-electron chi connectivity index (χ1n) is 11.7. The number of hydrogen-bond donors (Lipinski definition) is 2. The molecule has 0 aliphatic rings. The Labute approximate surface area is 224 Å². The van der Waals surface area contributed by atoms with Crippen LogP contribution in [0, 0.1) is 0 Å². The lowest BCUT2D eigenvalue weighted by molar-refractivity contribution is -0.141. The molecule has 14 nitrogen and oxygen atoms in total. The molecule has 2 aromatic rings. The van der Waals surface area contributed by atoms with Gasteiger partial charge in [-0.3, -0.25) is 24.0 Å². The van der Waals surface area contributed by atoms with Crippen LogP contribution in [0.2, 0.25) is 5.15 Å². The summed E-state index contributed by atoms with van der Waals surface area (Å²) in [6.07, 6.45) is 2.59. The summed E-state index contributed by atoms with van der Waals surface area (Å²) in [5, 5.41) is 12.7. The second-order valence-corrected chi connectivity index (χ2v) is 9.20. The molecule has 2 heterocycles. The molecule has 0 saturated heterocycles. The fourth-order valence-corrected chi connectivity index (χ4v) is 3.04. The van der Waals surface area contributed by atoms with Crippen LogP contribution in [0.25, 0.3) is 0 Å². The number of methoxy groups -OCH3 is 1. The molecule has 38 heavy (non-hydrogen) atoms. The van der Waals surface area contributed by atoms with Gasteiger partial charge in [0.15, 0.2) is 5.15 Å². The average Bonchev–Trinajstić information content (AvgIpc) is 3.37. The molecular weight excluding hydrogens is 522 g/mol. The summed E-state index contributed by atoms with van der Waals surface area (Å²) in [7, 11) is 1.29. The lowest BCUT2D eigenvalue weighted by Gasteiger charge is -2.27. The van der Waals surface area contributed by atoms with Crippen LogP contribution in [0.3, 0.4) is 0 Å². The van der Waals surface area contributed by atoms with E-state index in [-0.39, 0.29) is 61.8 Å². The van der Waals surface area contributed by atoms with E-state index in [1.54, 1.807) is 27.0 Å². The minimum absolute atomic E-state index is 0.0331. The molecule has 0 unspecified atom stereocenters. The maximum Gasteiger partial charge on any atom is 0.410 e. The predicted octanol–water partition coefficient (Wildman–Crippen LogP) is 1.51. The van der Waals surface area contributed by atoms with Crippen LogP contribution < -0.4 is 10.6 Å². The number of carbonyl (C=O) groups excluding carboxylic acids is 4. The molecule has 3 amide bonds. The molecule has 2 rings (SSSR count). The second kappa shape index (κ2) is 14.8. The van der Waals surface area contributed by atoms with E-state index in [1.165, 1.54) is 35.0 Å². The number of pyridine rings is 1. The van der Waals surface area contributed by atoms with Gasteiger partial charge in [-0.25, -0.2) is 9.78 Å². The van der Waals surface area contributed by atoms with Gasteiger partial charge in [-0.2, -0.15) is 0 Å². The van der Waals surface area contributed by atoms with Gasteiger partial charge >= 0.3 is 12.1 Å². The van der Waals surface area contributed by atoms with Crippen LogP contribution in [0.1, 0.15) is 37.7 Å². The van der Waals surface area contributed by atoms with E-state index in [2.05, 4.69) is 30.7 Å². The number of nitrogens with zero attached hydrogens (tertiary/aromatic N) is 5. The lowest BCUT2D eigenvalue weighted by atomic mass is 10.2. The van der Waals surface area contributed by atoms with Crippen molar-refractivity contribution in [3.8, 4) is 0 Å². The van der Waals surface area contributed by atoms with Gasteiger partial charge in [-0.05, 0) is 32.9 Å². The number of anilines is 1. The molecule has 2 aromatic heterocycles. The summed E-state index contributed by atoms with van der Waals surface area (Å²) >= 11 is 6.18. The van der Waals surface area contributed by atoms with Crippen LogP contribution in [-0.4, -0.2) is 94.3 Å². The number of halogens is 1. The van der Waals surface area contributed by atoms with Crippen molar-refractivity contribution in [3.05, 3.63) is 35.4 Å². The summed E-state index contributed by atoms with van der Waals surface area (Å²) in [6, 6.07) is 2.83. The zero-order valence-corrected chi connectivity index (χ0v) is 22.5. The average molecular weight is 554 g/mol. The summed E-state index contributed by atoms with van der Waals surface area (Å²) in [5.74, 6) is -1.42. The number of rotatable bonds is 13. The quantitative estimate of drug-likeness (QED) is 0.211. The second-order valence-electron chi connectivity index (χ2n) is 8.85. The van der Waals surface area contributed by atoms with Crippen molar-refractivity contribution in [1.29, 1.82) is 0 Å². The van der Waals surface area contributed by atoms with E-state index in [0.717, 1.165) is 0 Å². The molecule has 0 bridgehead atoms. The SMILES string of the molecule is COC(=O)CCOCCNC(=O)c1ccc(NC(=O)CN(CCn2ccnn2)C(=O)OC(C)(C)C)c(Cl)n1. The van der Waals surface area contributed by atoms with Crippen LogP contribution in [0.4, 0.5) is 10.5 Å². The van der Waals surface area contributed by atoms with E-state index in [9.17, 15) is 19.2 Å². The highest BCUT2D eigenvalue weighted by atomic mass is 35.5. The smallest absolute Gasteiger partial charge is 0.410 e. The Morgan fingerprint density at radius 1 is 1.16 bits per heavy atom. The number of carbonyl (C=O) groups is 4. The molecule has 208 valence electrons. The van der Waals surface area contributed by atoms with E-state index in [4.69, 9.17) is 21.1 Å². The number of hydrogen-bond acceptors (Lipinski definition) is 10. The van der Waals surface area contributed by atoms with Crippen molar-refractivity contribution in [1.82, 2.24) is 30.2 Å². The molecule has 0 aliphatic carbocycles. The van der Waals surface area contributed by atoms with Gasteiger partial charge in [0, 0.05) is 19.3 Å². The topological polar surface area (TPSA) is 167 Å². The number of ether oxygens (including phenoxy) is 3. The summed E-state index contributed by atoms with van der Waals surface area (Å²) in [5.41, 5.74) is -0.553. The molecule has 0 atom stereocenters. The first-order chi connectivity index (χ1) is 18.0. The number of aromatic nitrogens is 4. The normalized spacial score (nSPS) is 11.0. The maximum absolute atomic E-state index is 12.7. The van der Waals surface area contributed by atoms with E-state index in [0.29, 0.717) is 6.54 Å². The number of nitrogens with one attached hydrogen (secondary N) is 2. The minimum atomic E-state index is -0.752. The highest BCUT2D eigenvalue weighted by molar-refractivity contribution is 6.32. The van der Waals surface area contributed by atoms with Gasteiger partial charge < -0.3 is 24.8 Å². The number of esters is 1. The van der Waals surface area contributed by atoms with E-state index >= 15 is 0 Å². The third-order valence-electron chi connectivity index (χ3n) is 4.62. The van der Waals surface area contributed by atoms with Gasteiger partial charge in [0.2, 0.25) is 5.91 Å². The van der Waals surface area contributed by atoms with Gasteiger partial charge in [0.05, 0.1) is 45.2 Å². The van der Waals surface area contributed by atoms with Crippen molar-refractivity contribution < 1.29 is 33.4 Å². The van der Waals surface area contributed by atoms with Crippen LogP contribution in [0.5, 0.6) is 0 Å². The summed E-state index contributed by atoms with van der Waals surface area (Å²) in [6.45, 7) is 5.84. The lowest BCUT2D eigenvalue weighted by Crippen LogP contribution is -2.43. The summed E-state index contributed by atoms with van der Waals surface area (Å²) in [4.78, 5) is 53.9. The van der Waals surface area contributed by atoms with Crippen LogP contribution in [0.15, 0.2) is 24.5 Å². The van der Waals surface area contributed by atoms with Crippen molar-refractivity contribution in [3.63, 3.8) is 0 Å². The van der Waals surface area contributed by atoms with E-state index in [1.807, 2.05) is 0 Å². The Balaban J connectivity index is 1.90. The first kappa shape index (κ1) is 30.4. The van der Waals surface area contributed by atoms with Gasteiger partial charge in [0.25, 0.3) is 5.91 Å². The molecule has 2 N–H and O–H groups in total. The highest BCUT2D eigenvalue weighted by Gasteiger charge is 2.24. The van der Waals surface area contributed by atoms with Crippen molar-refractivity contribution >= 4 is 41.2 Å². The molecule has 0 radical (unpaired) electrons. The Bertz CT molecular complexity index is 1090. The molecule has 15 heteroatoms. The van der Waals surface area contributed by atoms with Crippen LogP contribution in [-0.2, 0) is 30.3 Å². The molecule has 0 saturated carbocycles. The third kappa shape index (κ3) is 11.1. The maximum atomic E-state index is 12.7. The third-order valence-corrected chi connectivity index (χ3v) is 4.91. The van der Waals surface area contributed by atoms with E-state index < -0.39 is 23.5 Å². The number of amides is 3. The highest BCUT2D eigenvalue weighted by Crippen LogP contribution is 2.20. The van der Waals surface area contributed by atoms with Gasteiger partial charge in [-0.15, -0.1) is 5.10 Å². The van der Waals surface area contributed by atoms with Crippen molar-refractivity contribution in [2.24, 2.45) is 0 Å². The molecule has 0 fully saturated rings. The largest absolute Gasteiger partial charge is 0.469 e. The van der Waals surface area contributed by atoms with Gasteiger partial charge in [0.1, 0.15) is 17.8 Å². The Hall–Kier alpha value is -3.78. The van der Waals surface area contributed by atoms with Crippen molar-refractivity contribution in [2.45, 2.75) is 39.3 Å². The zero-order chi connectivity index (χ0) is 28.1. The monoisotopic (exact) mass is 553 g/mol. The fourth-order valence-electron chi connectivity index (χ4n) is 2.84. The molecule has 0 aliphatic heterocycles. The fraction of sp³-hybridized carbons (Fsp3) is 0.522.